The number of nitrogens with one attached hydrogen (secondary N) is 2. The molecular formula is C17H15F3N2O5S2. The van der Waals surface area contributed by atoms with E-state index in [2.05, 4.69) is 0 Å². The van der Waals surface area contributed by atoms with E-state index in [0.717, 1.165) is 24.5 Å². The maximum absolute atomic E-state index is 14.0. The van der Waals surface area contributed by atoms with Crippen LogP contribution in [0.5, 0.6) is 0 Å². The third kappa shape index (κ3) is 4.70. The lowest BCUT2D eigenvalue weighted by Gasteiger charge is -2.10. The molecule has 2 N–H and O–H groups in total. The Hall–Kier alpha value is -2.60. The SMILES string of the molecule is CS(=O)(=O)Nc1ccc(S(=O)(=O)NC(=O)[C@@H]2C[C@@H]2c2cccc(F)c2F)cc1F. The van der Waals surface area contributed by atoms with Gasteiger partial charge >= 0.3 is 0 Å². The van der Waals surface area contributed by atoms with E-state index in [0.29, 0.717) is 6.07 Å². The number of halogens is 3. The van der Waals surface area contributed by atoms with E-state index in [4.69, 9.17) is 0 Å². The zero-order chi connectivity index (χ0) is 21.6. The van der Waals surface area contributed by atoms with E-state index in [1.807, 2.05) is 4.72 Å². The number of carbonyl (C=O) groups excluding carboxylic acids is 1. The van der Waals surface area contributed by atoms with Crippen LogP contribution in [-0.2, 0) is 24.8 Å². The molecule has 0 spiro atoms. The Bertz CT molecular complexity index is 1200. The summed E-state index contributed by atoms with van der Waals surface area (Å²) in [7, 11) is -8.23. The average molecular weight is 448 g/mol. The number of hydrogen-bond donors (Lipinski definition) is 2. The number of rotatable bonds is 6. The fourth-order valence-electron chi connectivity index (χ4n) is 2.85. The molecule has 1 fully saturated rings. The molecule has 0 heterocycles. The fraction of sp³-hybridized carbons (Fsp3) is 0.235. The molecule has 0 aromatic heterocycles. The van der Waals surface area contributed by atoms with Crippen molar-refractivity contribution in [2.24, 2.45) is 5.92 Å². The molecule has 1 aliphatic carbocycles. The van der Waals surface area contributed by atoms with Crippen molar-refractivity contribution in [3.8, 4) is 0 Å². The lowest BCUT2D eigenvalue weighted by molar-refractivity contribution is -0.120. The molecule has 0 bridgehead atoms. The Labute approximate surface area is 165 Å². The maximum atomic E-state index is 14.0. The van der Waals surface area contributed by atoms with E-state index >= 15 is 0 Å². The number of amides is 1. The zero-order valence-corrected chi connectivity index (χ0v) is 16.5. The molecule has 2 aromatic carbocycles. The van der Waals surface area contributed by atoms with E-state index in [-0.39, 0.29) is 12.0 Å². The van der Waals surface area contributed by atoms with Gasteiger partial charge in [0, 0.05) is 5.92 Å². The smallest absolute Gasteiger partial charge is 0.264 e. The summed E-state index contributed by atoms with van der Waals surface area (Å²) in [5.41, 5.74) is -0.480. The minimum absolute atomic E-state index is 0.0233. The highest BCUT2D eigenvalue weighted by molar-refractivity contribution is 7.92. The highest BCUT2D eigenvalue weighted by Crippen LogP contribution is 2.48. The van der Waals surface area contributed by atoms with Gasteiger partial charge in [0.15, 0.2) is 11.6 Å². The van der Waals surface area contributed by atoms with Gasteiger partial charge in [-0.15, -0.1) is 0 Å². The molecular weight excluding hydrogens is 433 g/mol. The van der Waals surface area contributed by atoms with Crippen molar-refractivity contribution in [1.29, 1.82) is 0 Å². The molecule has 3 rings (SSSR count). The van der Waals surface area contributed by atoms with Crippen molar-refractivity contribution < 1.29 is 34.8 Å². The Morgan fingerprint density at radius 2 is 1.72 bits per heavy atom. The molecule has 2 aromatic rings. The molecule has 7 nitrogen and oxygen atoms in total. The number of anilines is 1. The number of carbonyl (C=O) groups is 1. The maximum Gasteiger partial charge on any atom is 0.264 e. The van der Waals surface area contributed by atoms with Gasteiger partial charge in [-0.1, -0.05) is 12.1 Å². The van der Waals surface area contributed by atoms with Crippen LogP contribution in [-0.4, -0.2) is 29.0 Å². The van der Waals surface area contributed by atoms with Gasteiger partial charge in [0.2, 0.25) is 15.9 Å². The predicted molar refractivity (Wildman–Crippen MR) is 97.4 cm³/mol. The quantitative estimate of drug-likeness (QED) is 0.703. The van der Waals surface area contributed by atoms with Crippen LogP contribution in [0.2, 0.25) is 0 Å². The summed E-state index contributed by atoms with van der Waals surface area (Å²) in [5.74, 6) is -5.79. The molecule has 0 saturated heterocycles. The first-order chi connectivity index (χ1) is 13.4. The van der Waals surface area contributed by atoms with Crippen LogP contribution >= 0.6 is 0 Å². The van der Waals surface area contributed by atoms with Crippen LogP contribution in [0.25, 0.3) is 0 Å². The Balaban J connectivity index is 1.74. The third-order valence-corrected chi connectivity index (χ3v) is 6.22. The molecule has 0 unspecified atom stereocenters. The van der Waals surface area contributed by atoms with Crippen LogP contribution in [0.15, 0.2) is 41.3 Å². The summed E-state index contributed by atoms with van der Waals surface area (Å²) in [6.45, 7) is 0. The molecule has 0 radical (unpaired) electrons. The standard InChI is InChI=1S/C17H15F3N2O5S2/c1-28(24,25)21-15-6-5-9(7-14(15)19)29(26,27)22-17(23)12-8-11(12)10-3-2-4-13(18)16(10)20/h2-7,11-12,21H,8H2,1H3,(H,22,23)/t11-,12-/m1/s1. The van der Waals surface area contributed by atoms with Crippen molar-refractivity contribution in [3.63, 3.8) is 0 Å². The van der Waals surface area contributed by atoms with Crippen molar-refractivity contribution in [2.45, 2.75) is 17.2 Å². The van der Waals surface area contributed by atoms with Gasteiger partial charge in [-0.2, -0.15) is 0 Å². The molecule has 29 heavy (non-hydrogen) atoms. The van der Waals surface area contributed by atoms with E-state index in [1.54, 1.807) is 4.72 Å². The lowest BCUT2D eigenvalue weighted by atomic mass is 10.1. The van der Waals surface area contributed by atoms with Gasteiger partial charge in [0.25, 0.3) is 10.0 Å². The van der Waals surface area contributed by atoms with Crippen LogP contribution < -0.4 is 9.44 Å². The van der Waals surface area contributed by atoms with Crippen molar-refractivity contribution in [2.75, 3.05) is 11.0 Å². The first-order valence-electron chi connectivity index (χ1n) is 8.17. The average Bonchev–Trinajstić information content (AvgIpc) is 3.38. The second kappa shape index (κ2) is 7.34. The van der Waals surface area contributed by atoms with Gasteiger partial charge < -0.3 is 0 Å². The molecule has 12 heteroatoms. The zero-order valence-electron chi connectivity index (χ0n) is 14.8. The monoisotopic (exact) mass is 448 g/mol. The molecule has 1 amide bonds. The Kier molecular flexibility index (Phi) is 5.34. The Morgan fingerprint density at radius 3 is 2.34 bits per heavy atom. The highest BCUT2D eigenvalue weighted by Gasteiger charge is 2.46. The largest absolute Gasteiger partial charge is 0.281 e. The first kappa shape index (κ1) is 21.1. The predicted octanol–water partition coefficient (Wildman–Crippen LogP) is 2.08. The molecule has 1 aliphatic rings. The topological polar surface area (TPSA) is 109 Å². The van der Waals surface area contributed by atoms with Crippen molar-refractivity contribution in [3.05, 3.63) is 59.4 Å². The van der Waals surface area contributed by atoms with Crippen molar-refractivity contribution >= 4 is 31.6 Å². The molecule has 156 valence electrons. The summed E-state index contributed by atoms with van der Waals surface area (Å²) in [6.07, 6.45) is 0.929. The number of hydrogen-bond acceptors (Lipinski definition) is 5. The van der Waals surface area contributed by atoms with Gasteiger partial charge in [-0.3, -0.25) is 9.52 Å². The van der Waals surface area contributed by atoms with Crippen LogP contribution in [0.1, 0.15) is 17.9 Å². The third-order valence-electron chi connectivity index (χ3n) is 4.29. The molecule has 2 atom stereocenters. The highest BCUT2D eigenvalue weighted by atomic mass is 32.2. The second-order valence-corrected chi connectivity index (χ2v) is 10.0. The van der Waals surface area contributed by atoms with E-state index in [9.17, 15) is 34.8 Å². The van der Waals surface area contributed by atoms with Crippen LogP contribution in [0.3, 0.4) is 0 Å². The Morgan fingerprint density at radius 1 is 1.03 bits per heavy atom. The number of sulfonamides is 2. The molecule has 0 aliphatic heterocycles. The summed E-state index contributed by atoms with van der Waals surface area (Å²) < 4.78 is 91.7. The summed E-state index contributed by atoms with van der Waals surface area (Å²) >= 11 is 0. The second-order valence-electron chi connectivity index (χ2n) is 6.58. The van der Waals surface area contributed by atoms with E-state index in [1.165, 1.54) is 12.1 Å². The first-order valence-corrected chi connectivity index (χ1v) is 11.5. The van der Waals surface area contributed by atoms with E-state index < -0.39 is 65.8 Å². The summed E-state index contributed by atoms with van der Waals surface area (Å²) in [6, 6.07) is 5.90. The van der Waals surface area contributed by atoms with Crippen molar-refractivity contribution in [1.82, 2.24) is 4.72 Å². The number of benzene rings is 2. The van der Waals surface area contributed by atoms with Gasteiger partial charge in [0.05, 0.1) is 16.8 Å². The van der Waals surface area contributed by atoms with Crippen LogP contribution in [0.4, 0.5) is 18.9 Å². The molecule has 1 saturated carbocycles. The van der Waals surface area contributed by atoms with Gasteiger partial charge in [0.1, 0.15) is 5.82 Å². The minimum atomic E-state index is -4.46. The normalized spacial score (nSPS) is 18.9. The summed E-state index contributed by atoms with van der Waals surface area (Å²) in [5, 5.41) is 0. The van der Waals surface area contributed by atoms with Gasteiger partial charge in [-0.05, 0) is 42.2 Å². The summed E-state index contributed by atoms with van der Waals surface area (Å²) in [4.78, 5) is 11.6. The van der Waals surface area contributed by atoms with Gasteiger partial charge in [-0.25, -0.2) is 34.7 Å². The van der Waals surface area contributed by atoms with Crippen LogP contribution in [0, 0.1) is 23.4 Å². The minimum Gasteiger partial charge on any atom is -0.281 e. The lowest BCUT2D eigenvalue weighted by Crippen LogP contribution is -2.32. The fourth-order valence-corrected chi connectivity index (χ4v) is 4.45.